The highest BCUT2D eigenvalue weighted by Crippen LogP contribution is 2.20. The van der Waals surface area contributed by atoms with E-state index in [4.69, 9.17) is 4.42 Å². The van der Waals surface area contributed by atoms with Crippen molar-refractivity contribution in [3.8, 4) is 0 Å². The highest BCUT2D eigenvalue weighted by Gasteiger charge is 2.14. The molecular formula is C15H10BrNO2. The molecule has 94 valence electrons. The number of carbonyl (C=O) groups is 1. The van der Waals surface area contributed by atoms with Gasteiger partial charge in [0.05, 0.1) is 23.8 Å². The standard InChI is InChI=1S/C15H10BrNO2/c16-15-12(7-8-19-15)14(18)9-11-6-5-10-3-1-2-4-13(10)17-11/h1-8H,9H2. The second-order valence-electron chi connectivity index (χ2n) is 4.20. The lowest BCUT2D eigenvalue weighted by molar-refractivity contribution is 0.0990. The summed E-state index contributed by atoms with van der Waals surface area (Å²) in [4.78, 5) is 16.6. The molecule has 0 atom stereocenters. The van der Waals surface area contributed by atoms with Gasteiger partial charge in [0.1, 0.15) is 0 Å². The Morgan fingerprint density at radius 3 is 2.79 bits per heavy atom. The molecule has 0 spiro atoms. The first-order valence-corrected chi connectivity index (χ1v) is 6.64. The van der Waals surface area contributed by atoms with Crippen LogP contribution in [-0.2, 0) is 6.42 Å². The normalized spacial score (nSPS) is 10.8. The molecule has 0 aliphatic rings. The quantitative estimate of drug-likeness (QED) is 0.686. The van der Waals surface area contributed by atoms with Crippen LogP contribution in [0.3, 0.4) is 0 Å². The molecule has 0 saturated carbocycles. The van der Waals surface area contributed by atoms with Crippen molar-refractivity contribution in [2.75, 3.05) is 0 Å². The minimum absolute atomic E-state index is 0.0107. The molecule has 0 aliphatic heterocycles. The van der Waals surface area contributed by atoms with Crippen LogP contribution >= 0.6 is 15.9 Å². The van der Waals surface area contributed by atoms with Gasteiger partial charge < -0.3 is 4.42 Å². The van der Waals surface area contributed by atoms with Gasteiger partial charge in [0.15, 0.2) is 10.5 Å². The number of fused-ring (bicyclic) bond motifs is 1. The van der Waals surface area contributed by atoms with Gasteiger partial charge in [-0.3, -0.25) is 9.78 Å². The van der Waals surface area contributed by atoms with E-state index in [0.29, 0.717) is 10.2 Å². The van der Waals surface area contributed by atoms with E-state index in [1.54, 1.807) is 6.07 Å². The molecule has 0 N–H and O–H groups in total. The molecule has 0 saturated heterocycles. The van der Waals surface area contributed by atoms with Gasteiger partial charge in [-0.15, -0.1) is 0 Å². The summed E-state index contributed by atoms with van der Waals surface area (Å²) in [6.45, 7) is 0. The Balaban J connectivity index is 1.89. The van der Waals surface area contributed by atoms with E-state index < -0.39 is 0 Å². The summed E-state index contributed by atoms with van der Waals surface area (Å²) in [6, 6.07) is 13.4. The fourth-order valence-corrected chi connectivity index (χ4v) is 2.42. The number of ketones is 1. The Morgan fingerprint density at radius 1 is 1.16 bits per heavy atom. The molecule has 2 heterocycles. The molecular weight excluding hydrogens is 306 g/mol. The summed E-state index contributed by atoms with van der Waals surface area (Å²) in [5, 5.41) is 1.07. The van der Waals surface area contributed by atoms with Crippen LogP contribution in [0.5, 0.6) is 0 Å². The van der Waals surface area contributed by atoms with Gasteiger partial charge in [0.25, 0.3) is 0 Å². The maximum atomic E-state index is 12.1. The van der Waals surface area contributed by atoms with Crippen LogP contribution in [-0.4, -0.2) is 10.8 Å². The predicted molar refractivity (Wildman–Crippen MR) is 76.2 cm³/mol. The smallest absolute Gasteiger partial charge is 0.179 e. The number of halogens is 1. The molecule has 19 heavy (non-hydrogen) atoms. The van der Waals surface area contributed by atoms with Gasteiger partial charge in [0.2, 0.25) is 0 Å². The Kier molecular flexibility index (Phi) is 3.17. The van der Waals surface area contributed by atoms with E-state index in [2.05, 4.69) is 20.9 Å². The van der Waals surface area contributed by atoms with Crippen LogP contribution < -0.4 is 0 Å². The number of pyridine rings is 1. The van der Waals surface area contributed by atoms with Crippen LogP contribution in [0.15, 0.2) is 57.8 Å². The molecule has 0 unspecified atom stereocenters. The molecule has 0 aliphatic carbocycles. The number of hydrogen-bond acceptors (Lipinski definition) is 3. The molecule has 4 heteroatoms. The molecule has 0 fully saturated rings. The van der Waals surface area contributed by atoms with Crippen LogP contribution in [0, 0.1) is 0 Å². The number of para-hydroxylation sites is 1. The number of carbonyl (C=O) groups excluding carboxylic acids is 1. The number of nitrogens with zero attached hydrogens (tertiary/aromatic N) is 1. The average molecular weight is 316 g/mol. The molecule has 0 bridgehead atoms. The zero-order valence-corrected chi connectivity index (χ0v) is 11.6. The monoisotopic (exact) mass is 315 g/mol. The Morgan fingerprint density at radius 2 is 2.00 bits per heavy atom. The van der Waals surface area contributed by atoms with Gasteiger partial charge in [-0.05, 0) is 34.1 Å². The van der Waals surface area contributed by atoms with Crippen molar-refractivity contribution in [2.24, 2.45) is 0 Å². The van der Waals surface area contributed by atoms with Crippen LogP contribution in [0.25, 0.3) is 10.9 Å². The summed E-state index contributed by atoms with van der Waals surface area (Å²) in [7, 11) is 0. The van der Waals surface area contributed by atoms with Crippen LogP contribution in [0.1, 0.15) is 16.1 Å². The highest BCUT2D eigenvalue weighted by atomic mass is 79.9. The largest absolute Gasteiger partial charge is 0.457 e. The number of hydrogen-bond donors (Lipinski definition) is 0. The third kappa shape index (κ3) is 2.44. The predicted octanol–water partition coefficient (Wildman–Crippen LogP) is 4.02. The number of Topliss-reactive ketones (excluding diaryl/α,β-unsaturated/α-hetero) is 1. The summed E-state index contributed by atoms with van der Waals surface area (Å²) >= 11 is 3.21. The molecule has 3 nitrogen and oxygen atoms in total. The second kappa shape index (κ2) is 4.97. The number of benzene rings is 1. The summed E-state index contributed by atoms with van der Waals surface area (Å²) in [5.74, 6) is -0.0107. The lowest BCUT2D eigenvalue weighted by atomic mass is 10.1. The maximum Gasteiger partial charge on any atom is 0.179 e. The molecule has 3 aromatic rings. The van der Waals surface area contributed by atoms with Crippen molar-refractivity contribution in [1.82, 2.24) is 4.98 Å². The molecule has 1 aromatic carbocycles. The van der Waals surface area contributed by atoms with Crippen LogP contribution in [0.2, 0.25) is 0 Å². The first-order chi connectivity index (χ1) is 9.24. The van der Waals surface area contributed by atoms with Crippen molar-refractivity contribution in [2.45, 2.75) is 6.42 Å². The Labute approximate surface area is 118 Å². The van der Waals surface area contributed by atoms with E-state index in [1.807, 2.05) is 36.4 Å². The number of rotatable bonds is 3. The zero-order chi connectivity index (χ0) is 13.2. The van der Waals surface area contributed by atoms with E-state index >= 15 is 0 Å². The van der Waals surface area contributed by atoms with Gasteiger partial charge in [-0.25, -0.2) is 0 Å². The van der Waals surface area contributed by atoms with Gasteiger partial charge in [-0.2, -0.15) is 0 Å². The summed E-state index contributed by atoms with van der Waals surface area (Å²) < 4.78 is 5.54. The lowest BCUT2D eigenvalue weighted by Gasteiger charge is -2.02. The summed E-state index contributed by atoms with van der Waals surface area (Å²) in [5.41, 5.74) is 2.21. The fourth-order valence-electron chi connectivity index (χ4n) is 1.96. The molecule has 0 amide bonds. The average Bonchev–Trinajstić information content (AvgIpc) is 2.85. The van der Waals surface area contributed by atoms with E-state index in [9.17, 15) is 4.79 Å². The van der Waals surface area contributed by atoms with Gasteiger partial charge in [-0.1, -0.05) is 24.3 Å². The van der Waals surface area contributed by atoms with Gasteiger partial charge in [0, 0.05) is 11.1 Å². The van der Waals surface area contributed by atoms with E-state index in [1.165, 1.54) is 6.26 Å². The minimum Gasteiger partial charge on any atom is -0.457 e. The van der Waals surface area contributed by atoms with Crippen molar-refractivity contribution in [3.05, 3.63) is 64.7 Å². The topological polar surface area (TPSA) is 43.1 Å². The molecule has 0 radical (unpaired) electrons. The second-order valence-corrected chi connectivity index (χ2v) is 4.92. The Bertz CT molecular complexity index is 748. The number of furan rings is 1. The highest BCUT2D eigenvalue weighted by molar-refractivity contribution is 9.10. The van der Waals surface area contributed by atoms with E-state index in [0.717, 1.165) is 16.6 Å². The van der Waals surface area contributed by atoms with E-state index in [-0.39, 0.29) is 12.2 Å². The van der Waals surface area contributed by atoms with Crippen molar-refractivity contribution < 1.29 is 9.21 Å². The first-order valence-electron chi connectivity index (χ1n) is 5.85. The SMILES string of the molecule is O=C(Cc1ccc2ccccc2n1)c1ccoc1Br. The lowest BCUT2D eigenvalue weighted by Crippen LogP contribution is -2.04. The Hall–Kier alpha value is -1.94. The third-order valence-corrected chi connectivity index (χ3v) is 3.53. The molecule has 2 aromatic heterocycles. The van der Waals surface area contributed by atoms with Crippen molar-refractivity contribution in [1.29, 1.82) is 0 Å². The van der Waals surface area contributed by atoms with Gasteiger partial charge >= 0.3 is 0 Å². The minimum atomic E-state index is -0.0107. The summed E-state index contributed by atoms with van der Waals surface area (Å²) in [6.07, 6.45) is 1.76. The fraction of sp³-hybridized carbons (Fsp3) is 0.0667. The van der Waals surface area contributed by atoms with Crippen molar-refractivity contribution in [3.63, 3.8) is 0 Å². The first kappa shape index (κ1) is 12.1. The maximum absolute atomic E-state index is 12.1. The number of aromatic nitrogens is 1. The zero-order valence-electron chi connectivity index (χ0n) is 9.97. The van der Waals surface area contributed by atoms with Crippen LogP contribution in [0.4, 0.5) is 0 Å². The third-order valence-electron chi connectivity index (χ3n) is 2.92. The molecule has 3 rings (SSSR count). The van der Waals surface area contributed by atoms with Crippen molar-refractivity contribution >= 4 is 32.6 Å².